The summed E-state index contributed by atoms with van der Waals surface area (Å²) in [6.45, 7) is 0. The molecule has 0 N–H and O–H groups in total. The molecule has 0 radical (unpaired) electrons. The summed E-state index contributed by atoms with van der Waals surface area (Å²) in [7, 11) is 0. The molecule has 0 unspecified atom stereocenters. The third kappa shape index (κ3) is 2.30. The van der Waals surface area contributed by atoms with Gasteiger partial charge in [-0.2, -0.15) is 0 Å². The number of benzene rings is 2. The summed E-state index contributed by atoms with van der Waals surface area (Å²) in [6, 6.07) is 15.9. The first kappa shape index (κ1) is 12.8. The molecule has 0 fully saturated rings. The summed E-state index contributed by atoms with van der Waals surface area (Å²) >= 11 is 5.93. The Morgan fingerprint density at radius 1 is 1.00 bits per heavy atom. The van der Waals surface area contributed by atoms with Gasteiger partial charge in [0.2, 0.25) is 0 Å². The summed E-state index contributed by atoms with van der Waals surface area (Å²) in [4.78, 5) is 0. The van der Waals surface area contributed by atoms with Crippen LogP contribution in [0.1, 0.15) is 5.69 Å². The Morgan fingerprint density at radius 3 is 2.35 bits per heavy atom. The normalized spacial score (nSPS) is 10.7. The van der Waals surface area contributed by atoms with E-state index in [2.05, 4.69) is 10.3 Å². The van der Waals surface area contributed by atoms with E-state index in [1.807, 2.05) is 30.3 Å². The van der Waals surface area contributed by atoms with E-state index < -0.39 is 0 Å². The van der Waals surface area contributed by atoms with Crippen LogP contribution in [0, 0.1) is 5.82 Å². The highest BCUT2D eigenvalue weighted by molar-refractivity contribution is 6.17. The summed E-state index contributed by atoms with van der Waals surface area (Å²) in [6.07, 6.45) is 0. The van der Waals surface area contributed by atoms with Crippen molar-refractivity contribution in [3.63, 3.8) is 0 Å². The summed E-state index contributed by atoms with van der Waals surface area (Å²) in [5, 5.41) is 8.22. The van der Waals surface area contributed by atoms with Crippen LogP contribution in [0.2, 0.25) is 0 Å². The van der Waals surface area contributed by atoms with E-state index in [1.165, 1.54) is 12.1 Å². The van der Waals surface area contributed by atoms with Gasteiger partial charge in [-0.3, -0.25) is 0 Å². The van der Waals surface area contributed by atoms with Crippen molar-refractivity contribution in [2.75, 3.05) is 0 Å². The van der Waals surface area contributed by atoms with Crippen LogP contribution in [-0.2, 0) is 5.88 Å². The van der Waals surface area contributed by atoms with Gasteiger partial charge < -0.3 is 0 Å². The van der Waals surface area contributed by atoms with Crippen LogP contribution in [0.3, 0.4) is 0 Å². The Morgan fingerprint density at radius 2 is 1.70 bits per heavy atom. The monoisotopic (exact) mass is 287 g/mol. The third-order valence-corrected chi connectivity index (χ3v) is 3.24. The Bertz CT molecular complexity index is 708. The molecule has 0 aliphatic rings. The van der Waals surface area contributed by atoms with Gasteiger partial charge in [0.25, 0.3) is 0 Å². The number of rotatable bonds is 3. The van der Waals surface area contributed by atoms with Crippen molar-refractivity contribution in [1.29, 1.82) is 0 Å². The van der Waals surface area contributed by atoms with Gasteiger partial charge in [-0.05, 0) is 24.3 Å². The molecule has 5 heteroatoms. The van der Waals surface area contributed by atoms with Gasteiger partial charge in [0.05, 0.1) is 17.3 Å². The maximum Gasteiger partial charge on any atom is 0.123 e. The number of aromatic nitrogens is 3. The minimum Gasteiger partial charge on any atom is -0.213 e. The number of hydrogen-bond acceptors (Lipinski definition) is 2. The molecule has 0 saturated carbocycles. The predicted molar refractivity (Wildman–Crippen MR) is 76.3 cm³/mol. The first-order valence-electron chi connectivity index (χ1n) is 6.11. The van der Waals surface area contributed by atoms with Crippen molar-refractivity contribution in [1.82, 2.24) is 15.0 Å². The fourth-order valence-corrected chi connectivity index (χ4v) is 2.23. The molecule has 0 spiro atoms. The van der Waals surface area contributed by atoms with Crippen molar-refractivity contribution in [3.8, 4) is 16.9 Å². The van der Waals surface area contributed by atoms with E-state index in [9.17, 15) is 4.39 Å². The van der Waals surface area contributed by atoms with Crippen LogP contribution in [0.5, 0.6) is 0 Å². The van der Waals surface area contributed by atoms with Crippen molar-refractivity contribution in [3.05, 3.63) is 66.1 Å². The van der Waals surface area contributed by atoms with Crippen molar-refractivity contribution < 1.29 is 4.39 Å². The number of halogens is 2. The van der Waals surface area contributed by atoms with Crippen molar-refractivity contribution >= 4 is 11.6 Å². The van der Waals surface area contributed by atoms with E-state index in [0.717, 1.165) is 16.9 Å². The highest BCUT2D eigenvalue weighted by atomic mass is 35.5. The zero-order valence-electron chi connectivity index (χ0n) is 10.5. The topological polar surface area (TPSA) is 30.7 Å². The van der Waals surface area contributed by atoms with Gasteiger partial charge in [-0.15, -0.1) is 16.7 Å². The lowest BCUT2D eigenvalue weighted by Gasteiger charge is -2.07. The highest BCUT2D eigenvalue weighted by Crippen LogP contribution is 2.26. The van der Waals surface area contributed by atoms with Gasteiger partial charge in [-0.1, -0.05) is 35.5 Å². The number of hydrogen-bond donors (Lipinski definition) is 0. The van der Waals surface area contributed by atoms with Crippen LogP contribution in [-0.4, -0.2) is 15.0 Å². The molecular weight excluding hydrogens is 277 g/mol. The molecule has 2 aromatic carbocycles. The molecule has 0 amide bonds. The Kier molecular flexibility index (Phi) is 3.48. The molecular formula is C15H11ClFN3. The van der Waals surface area contributed by atoms with Crippen molar-refractivity contribution in [2.24, 2.45) is 0 Å². The van der Waals surface area contributed by atoms with E-state index in [4.69, 9.17) is 11.6 Å². The summed E-state index contributed by atoms with van der Waals surface area (Å²) in [5.41, 5.74) is 3.24. The van der Waals surface area contributed by atoms with Gasteiger partial charge in [0.1, 0.15) is 11.5 Å². The SMILES string of the molecule is Fc1ccc(-n2nnc(CCl)c2-c2ccccc2)cc1. The lowest BCUT2D eigenvalue weighted by molar-refractivity contribution is 0.627. The molecule has 0 bridgehead atoms. The molecule has 1 aromatic heterocycles. The smallest absolute Gasteiger partial charge is 0.123 e. The number of nitrogens with zero attached hydrogens (tertiary/aromatic N) is 3. The first-order valence-corrected chi connectivity index (χ1v) is 6.65. The second-order valence-corrected chi connectivity index (χ2v) is 4.54. The molecule has 0 aliphatic carbocycles. The van der Waals surface area contributed by atoms with Crippen LogP contribution < -0.4 is 0 Å². The second-order valence-electron chi connectivity index (χ2n) is 4.27. The molecule has 20 heavy (non-hydrogen) atoms. The largest absolute Gasteiger partial charge is 0.213 e. The van der Waals surface area contributed by atoms with Crippen LogP contribution in [0.15, 0.2) is 54.6 Å². The van der Waals surface area contributed by atoms with Crippen molar-refractivity contribution in [2.45, 2.75) is 5.88 Å². The molecule has 0 saturated heterocycles. The van der Waals surface area contributed by atoms with E-state index in [-0.39, 0.29) is 11.7 Å². The average Bonchev–Trinajstić information content (AvgIpc) is 2.93. The third-order valence-electron chi connectivity index (χ3n) is 2.99. The minimum absolute atomic E-state index is 0.269. The fourth-order valence-electron chi connectivity index (χ4n) is 2.05. The number of alkyl halides is 1. The molecule has 3 nitrogen and oxygen atoms in total. The Hall–Kier alpha value is -2.20. The molecule has 0 atom stereocenters. The Labute approximate surface area is 120 Å². The standard InChI is InChI=1S/C15H11ClFN3/c16-10-14-15(11-4-2-1-3-5-11)20(19-18-14)13-8-6-12(17)7-9-13/h1-9H,10H2. The summed E-state index contributed by atoms with van der Waals surface area (Å²) < 4.78 is 14.7. The molecule has 0 aliphatic heterocycles. The fraction of sp³-hybridized carbons (Fsp3) is 0.0667. The lowest BCUT2D eigenvalue weighted by atomic mass is 10.1. The van der Waals surface area contributed by atoms with Gasteiger partial charge in [0, 0.05) is 5.56 Å². The predicted octanol–water partition coefficient (Wildman–Crippen LogP) is 3.81. The maximum absolute atomic E-state index is 13.0. The zero-order valence-corrected chi connectivity index (χ0v) is 11.3. The van der Waals surface area contributed by atoms with Crippen LogP contribution in [0.4, 0.5) is 4.39 Å². The molecule has 1 heterocycles. The molecule has 3 aromatic rings. The molecule has 3 rings (SSSR count). The quantitative estimate of drug-likeness (QED) is 0.686. The van der Waals surface area contributed by atoms with Crippen LogP contribution in [0.25, 0.3) is 16.9 Å². The van der Waals surface area contributed by atoms with E-state index in [0.29, 0.717) is 5.69 Å². The average molecular weight is 288 g/mol. The Balaban J connectivity index is 2.17. The van der Waals surface area contributed by atoms with Crippen LogP contribution >= 0.6 is 11.6 Å². The van der Waals surface area contributed by atoms with Gasteiger partial charge in [-0.25, -0.2) is 9.07 Å². The van der Waals surface area contributed by atoms with E-state index in [1.54, 1.807) is 16.8 Å². The zero-order chi connectivity index (χ0) is 13.9. The minimum atomic E-state index is -0.285. The van der Waals surface area contributed by atoms with Gasteiger partial charge >= 0.3 is 0 Å². The molecule has 100 valence electrons. The maximum atomic E-state index is 13.0. The van der Waals surface area contributed by atoms with E-state index >= 15 is 0 Å². The highest BCUT2D eigenvalue weighted by Gasteiger charge is 2.15. The first-order chi connectivity index (χ1) is 9.79. The van der Waals surface area contributed by atoms with Gasteiger partial charge in [0.15, 0.2) is 0 Å². The lowest BCUT2D eigenvalue weighted by Crippen LogP contribution is -2.00. The summed E-state index contributed by atoms with van der Waals surface area (Å²) in [5.74, 6) is -0.0153. The second kappa shape index (κ2) is 5.43.